The first-order chi connectivity index (χ1) is 3.30. The van der Waals surface area contributed by atoms with Gasteiger partial charge < -0.3 is 5.73 Å². The van der Waals surface area contributed by atoms with E-state index in [9.17, 15) is 4.39 Å². The van der Waals surface area contributed by atoms with Crippen LogP contribution in [0.15, 0.2) is 0 Å². The van der Waals surface area contributed by atoms with Gasteiger partial charge in [-0.2, -0.15) is 0 Å². The van der Waals surface area contributed by atoms with Crippen LogP contribution in [0.3, 0.4) is 0 Å². The fourth-order valence-corrected chi connectivity index (χ4v) is 0.597. The summed E-state index contributed by atoms with van der Waals surface area (Å²) in [6.45, 7) is 0.808. The van der Waals surface area contributed by atoms with E-state index >= 15 is 0 Å². The molecule has 1 fully saturated rings. The van der Waals surface area contributed by atoms with E-state index in [4.69, 9.17) is 5.73 Å². The Bertz CT molecular complexity index is 58.7. The molecule has 0 amide bonds. The summed E-state index contributed by atoms with van der Waals surface area (Å²) in [4.78, 5) is 0. The molecule has 2 nitrogen and oxygen atoms in total. The molecule has 0 bridgehead atoms. The predicted octanol–water partition coefficient (Wildman–Crippen LogP) is -0.730. The maximum absolute atomic E-state index is 12.1. The summed E-state index contributed by atoms with van der Waals surface area (Å²) >= 11 is 0. The number of alkyl halides is 1. The molecule has 0 aromatic rings. The molecule has 1 saturated heterocycles. The smallest absolute Gasteiger partial charge is 0.130 e. The molecular formula is C4H8FN2. The summed E-state index contributed by atoms with van der Waals surface area (Å²) in [5.74, 6) is 0. The lowest BCUT2D eigenvalue weighted by atomic mass is 10.3. The van der Waals surface area contributed by atoms with Crippen molar-refractivity contribution < 1.29 is 4.39 Å². The van der Waals surface area contributed by atoms with Crippen molar-refractivity contribution in [3.05, 3.63) is 0 Å². The highest BCUT2D eigenvalue weighted by Gasteiger charge is 2.22. The Morgan fingerprint density at radius 1 is 1.57 bits per heavy atom. The van der Waals surface area contributed by atoms with Crippen LogP contribution >= 0.6 is 0 Å². The molecule has 0 saturated carbocycles. The van der Waals surface area contributed by atoms with E-state index in [1.165, 1.54) is 0 Å². The topological polar surface area (TPSA) is 40.1 Å². The molecule has 1 heterocycles. The lowest BCUT2D eigenvalue weighted by Crippen LogP contribution is -2.29. The highest BCUT2D eigenvalue weighted by Crippen LogP contribution is 2.00. The van der Waals surface area contributed by atoms with E-state index in [0.717, 1.165) is 0 Å². The Morgan fingerprint density at radius 3 is 2.43 bits per heavy atom. The van der Waals surface area contributed by atoms with Crippen LogP contribution in [-0.2, 0) is 0 Å². The molecular weight excluding hydrogens is 95.1 g/mol. The second-order valence-corrected chi connectivity index (χ2v) is 1.77. The van der Waals surface area contributed by atoms with E-state index in [1.54, 1.807) is 0 Å². The first-order valence-electron chi connectivity index (χ1n) is 2.33. The van der Waals surface area contributed by atoms with E-state index in [0.29, 0.717) is 13.1 Å². The maximum Gasteiger partial charge on any atom is 0.130 e. The summed E-state index contributed by atoms with van der Waals surface area (Å²) in [5.41, 5.74) is 5.21. The fraction of sp³-hybridized carbons (Fsp3) is 1.00. The van der Waals surface area contributed by atoms with Crippen LogP contribution in [0.2, 0.25) is 0 Å². The average Bonchev–Trinajstić information content (AvgIpc) is 1.91. The first kappa shape index (κ1) is 5.00. The molecule has 1 rings (SSSR count). The highest BCUT2D eigenvalue weighted by atomic mass is 19.1. The van der Waals surface area contributed by atoms with Crippen molar-refractivity contribution in [3.63, 3.8) is 0 Å². The number of nitrogens with zero attached hydrogens (tertiary/aromatic N) is 1. The van der Waals surface area contributed by atoms with Gasteiger partial charge in [0, 0.05) is 13.1 Å². The lowest BCUT2D eigenvalue weighted by molar-refractivity contribution is 0.332. The molecule has 0 spiro atoms. The van der Waals surface area contributed by atoms with Crippen LogP contribution in [0, 0.1) is 0 Å². The van der Waals surface area contributed by atoms with E-state index < -0.39 is 6.17 Å². The Hall–Kier alpha value is -0.150. The number of nitrogens with two attached hydrogens (primary N) is 1. The minimum absolute atomic E-state index is 0.307. The summed E-state index contributed by atoms with van der Waals surface area (Å²) in [7, 11) is 0. The van der Waals surface area contributed by atoms with Crippen LogP contribution in [-0.4, -0.2) is 25.3 Å². The van der Waals surface area contributed by atoms with Gasteiger partial charge in [-0.3, -0.25) is 0 Å². The lowest BCUT2D eigenvalue weighted by Gasteiger charge is -1.99. The molecule has 0 aromatic carbocycles. The summed E-state index contributed by atoms with van der Waals surface area (Å²) in [6.07, 6.45) is -0.875. The van der Waals surface area contributed by atoms with Gasteiger partial charge >= 0.3 is 0 Å². The van der Waals surface area contributed by atoms with Crippen LogP contribution in [0.1, 0.15) is 0 Å². The average molecular weight is 103 g/mol. The van der Waals surface area contributed by atoms with E-state index in [-0.39, 0.29) is 6.04 Å². The van der Waals surface area contributed by atoms with Crippen molar-refractivity contribution >= 4 is 0 Å². The van der Waals surface area contributed by atoms with Gasteiger partial charge in [-0.05, 0) is 0 Å². The molecule has 7 heavy (non-hydrogen) atoms. The minimum atomic E-state index is -0.875. The minimum Gasteiger partial charge on any atom is -0.324 e. The number of hydrogen-bond acceptors (Lipinski definition) is 1. The van der Waals surface area contributed by atoms with Crippen molar-refractivity contribution in [2.45, 2.75) is 12.2 Å². The maximum atomic E-state index is 12.1. The number of rotatable bonds is 0. The third-order valence-corrected chi connectivity index (χ3v) is 1.11. The second-order valence-electron chi connectivity index (χ2n) is 1.77. The van der Waals surface area contributed by atoms with E-state index in [1.807, 2.05) is 0 Å². The molecule has 1 aliphatic heterocycles. The van der Waals surface area contributed by atoms with Crippen molar-refractivity contribution in [2.75, 3.05) is 13.1 Å². The quantitative estimate of drug-likeness (QED) is 0.431. The SMILES string of the molecule is NC1C[N]CC1F. The zero-order valence-corrected chi connectivity index (χ0v) is 3.97. The predicted molar refractivity (Wildman–Crippen MR) is 24.7 cm³/mol. The molecule has 0 aliphatic carbocycles. The van der Waals surface area contributed by atoms with Crippen LogP contribution < -0.4 is 11.1 Å². The second kappa shape index (κ2) is 1.76. The number of halogens is 1. The molecule has 3 heteroatoms. The summed E-state index contributed by atoms with van der Waals surface area (Å²) in [5, 5.41) is 3.75. The molecule has 2 N–H and O–H groups in total. The molecule has 1 radical (unpaired) electrons. The van der Waals surface area contributed by atoms with Crippen LogP contribution in [0.4, 0.5) is 4.39 Å². The van der Waals surface area contributed by atoms with Gasteiger partial charge in [0.2, 0.25) is 0 Å². The van der Waals surface area contributed by atoms with Gasteiger partial charge in [-0.1, -0.05) is 0 Å². The first-order valence-corrected chi connectivity index (χ1v) is 2.33. The van der Waals surface area contributed by atoms with Gasteiger partial charge in [-0.15, -0.1) is 0 Å². The van der Waals surface area contributed by atoms with Crippen LogP contribution in [0.25, 0.3) is 0 Å². The van der Waals surface area contributed by atoms with Crippen molar-refractivity contribution in [1.82, 2.24) is 5.32 Å². The van der Waals surface area contributed by atoms with Gasteiger partial charge in [-0.25, -0.2) is 9.71 Å². The monoisotopic (exact) mass is 103 g/mol. The van der Waals surface area contributed by atoms with Gasteiger partial charge in [0.15, 0.2) is 0 Å². The standard InChI is InChI=1S/C4H8FN2/c5-3-1-7-2-4(3)6/h3-4H,1-2,6H2. The zero-order valence-electron chi connectivity index (χ0n) is 3.97. The van der Waals surface area contributed by atoms with Crippen molar-refractivity contribution in [1.29, 1.82) is 0 Å². The third-order valence-electron chi connectivity index (χ3n) is 1.11. The molecule has 1 aliphatic rings. The Balaban J connectivity index is 2.33. The van der Waals surface area contributed by atoms with Gasteiger partial charge in [0.05, 0.1) is 6.04 Å². The normalized spacial score (nSPS) is 42.0. The molecule has 2 unspecified atom stereocenters. The number of hydrogen-bond donors (Lipinski definition) is 1. The van der Waals surface area contributed by atoms with Crippen molar-refractivity contribution in [3.8, 4) is 0 Å². The Morgan fingerprint density at radius 2 is 2.29 bits per heavy atom. The molecule has 2 atom stereocenters. The molecule has 41 valence electrons. The summed E-state index contributed by atoms with van der Waals surface area (Å²) in [6, 6.07) is -0.319. The highest BCUT2D eigenvalue weighted by molar-refractivity contribution is 4.82. The fourth-order valence-electron chi connectivity index (χ4n) is 0.597. The van der Waals surface area contributed by atoms with Gasteiger partial charge in [0.25, 0.3) is 0 Å². The Kier molecular flexibility index (Phi) is 1.25. The van der Waals surface area contributed by atoms with E-state index in [2.05, 4.69) is 5.32 Å². The molecule has 0 aromatic heterocycles. The van der Waals surface area contributed by atoms with Crippen molar-refractivity contribution in [2.24, 2.45) is 5.73 Å². The van der Waals surface area contributed by atoms with Gasteiger partial charge in [0.1, 0.15) is 6.17 Å². The Labute approximate surface area is 41.9 Å². The zero-order chi connectivity index (χ0) is 5.28. The summed E-state index contributed by atoms with van der Waals surface area (Å²) < 4.78 is 12.1. The van der Waals surface area contributed by atoms with Crippen LogP contribution in [0.5, 0.6) is 0 Å². The largest absolute Gasteiger partial charge is 0.324 e. The third kappa shape index (κ3) is 0.894.